The first-order valence-corrected chi connectivity index (χ1v) is 18.6. The highest BCUT2D eigenvalue weighted by Gasteiger charge is 2.29. The summed E-state index contributed by atoms with van der Waals surface area (Å²) in [5.41, 5.74) is 2.91. The number of pyridine rings is 1. The van der Waals surface area contributed by atoms with Crippen molar-refractivity contribution in [1.29, 1.82) is 0 Å². The molecular formula is C40H50FN7O3. The molecule has 0 amide bonds. The number of rotatable bonds is 9. The van der Waals surface area contributed by atoms with Gasteiger partial charge in [0.2, 0.25) is 0 Å². The molecule has 51 heavy (non-hydrogen) atoms. The smallest absolute Gasteiger partial charge is 0.305 e. The fraction of sp³-hybridized carbons (Fsp3) is 0.500. The third kappa shape index (κ3) is 8.22. The standard InChI is InChI=1S/C40H50FN7O3/c1-43-15-4-16-45(20-17-43)27-30-7-11-31(12-8-30)32-5-3-6-35(24-32)47-38-37(25-33(41)26-42-38)39(50)48(40(47)51)34-13-9-29(10-14-34)23-36(49)28-46-21-18-44(2)19-22-46/h3,5-8,11-12,24-26,29,34H,4,9-10,13-23,27-28H2,1-2H3. The molecule has 2 aromatic carbocycles. The molecule has 0 bridgehead atoms. The Balaban J connectivity index is 1.11. The molecule has 7 rings (SSSR count). The third-order valence-corrected chi connectivity index (χ3v) is 11.2. The van der Waals surface area contributed by atoms with Crippen molar-refractivity contribution in [2.75, 3.05) is 73.0 Å². The summed E-state index contributed by atoms with van der Waals surface area (Å²) in [5.74, 6) is -0.137. The highest BCUT2D eigenvalue weighted by Crippen LogP contribution is 2.33. The Morgan fingerprint density at radius 2 is 1.51 bits per heavy atom. The first-order chi connectivity index (χ1) is 24.7. The van der Waals surface area contributed by atoms with Crippen LogP contribution < -0.4 is 11.2 Å². The zero-order valence-corrected chi connectivity index (χ0v) is 30.0. The second-order valence-corrected chi connectivity index (χ2v) is 15.0. The molecular weight excluding hydrogens is 645 g/mol. The van der Waals surface area contributed by atoms with E-state index in [1.54, 1.807) is 0 Å². The van der Waals surface area contributed by atoms with Crippen molar-refractivity contribution in [3.05, 3.63) is 93.0 Å². The van der Waals surface area contributed by atoms with Crippen molar-refractivity contribution < 1.29 is 9.18 Å². The van der Waals surface area contributed by atoms with Crippen LogP contribution >= 0.6 is 0 Å². The molecule has 0 unspecified atom stereocenters. The van der Waals surface area contributed by atoms with Crippen molar-refractivity contribution in [2.24, 2.45) is 5.92 Å². The molecule has 3 fully saturated rings. The molecule has 0 N–H and O–H groups in total. The van der Waals surface area contributed by atoms with Gasteiger partial charge in [0.15, 0.2) is 5.65 Å². The van der Waals surface area contributed by atoms with E-state index in [1.807, 2.05) is 24.3 Å². The van der Waals surface area contributed by atoms with Crippen molar-refractivity contribution in [3.8, 4) is 16.8 Å². The number of aromatic nitrogens is 3. The number of Topliss-reactive ketones (excluding diaryl/α,β-unsaturated/α-hetero) is 1. The van der Waals surface area contributed by atoms with Gasteiger partial charge in [-0.2, -0.15) is 0 Å². The van der Waals surface area contributed by atoms with E-state index in [0.29, 0.717) is 31.5 Å². The summed E-state index contributed by atoms with van der Waals surface area (Å²) < 4.78 is 17.3. The molecule has 4 heterocycles. The highest BCUT2D eigenvalue weighted by molar-refractivity contribution is 5.80. The van der Waals surface area contributed by atoms with Gasteiger partial charge in [-0.3, -0.25) is 24.0 Å². The molecule has 0 radical (unpaired) electrons. The van der Waals surface area contributed by atoms with E-state index in [9.17, 15) is 18.8 Å². The van der Waals surface area contributed by atoms with Gasteiger partial charge in [0, 0.05) is 58.3 Å². The summed E-state index contributed by atoms with van der Waals surface area (Å²) in [6.45, 7) is 9.53. The minimum Gasteiger partial charge on any atom is -0.305 e. The summed E-state index contributed by atoms with van der Waals surface area (Å²) in [4.78, 5) is 54.8. The quantitative estimate of drug-likeness (QED) is 0.255. The summed E-state index contributed by atoms with van der Waals surface area (Å²) in [5, 5.41) is 0.0774. The van der Waals surface area contributed by atoms with Gasteiger partial charge in [0.25, 0.3) is 5.56 Å². The molecule has 2 aromatic heterocycles. The van der Waals surface area contributed by atoms with Crippen LogP contribution in [0.25, 0.3) is 27.8 Å². The number of piperazine rings is 1. The van der Waals surface area contributed by atoms with E-state index in [4.69, 9.17) is 0 Å². The molecule has 0 atom stereocenters. The number of ketones is 1. The first kappa shape index (κ1) is 35.4. The SMILES string of the molecule is CN1CCN(CC(=O)CC2CCC(n3c(=O)c4cc(F)cnc4n(-c4cccc(-c5ccc(CN6CCCN(C)CC6)cc5)c4)c3=O)CC2)CC1. The summed E-state index contributed by atoms with van der Waals surface area (Å²) >= 11 is 0. The van der Waals surface area contributed by atoms with Gasteiger partial charge in [0.1, 0.15) is 11.6 Å². The molecule has 0 spiro atoms. The molecule has 10 nitrogen and oxygen atoms in total. The number of carbonyl (C=O) groups excluding carboxylic acids is 1. The molecule has 4 aromatic rings. The fourth-order valence-electron chi connectivity index (χ4n) is 8.13. The zero-order chi connectivity index (χ0) is 35.5. The molecule has 2 aliphatic heterocycles. The van der Waals surface area contributed by atoms with E-state index in [0.717, 1.165) is 89.1 Å². The lowest BCUT2D eigenvalue weighted by Gasteiger charge is -2.33. The van der Waals surface area contributed by atoms with E-state index in [-0.39, 0.29) is 28.8 Å². The average molecular weight is 696 g/mol. The molecule has 3 aliphatic rings. The minimum absolute atomic E-state index is 0.0774. The van der Waals surface area contributed by atoms with Crippen molar-refractivity contribution in [2.45, 2.75) is 51.1 Å². The number of benzene rings is 2. The van der Waals surface area contributed by atoms with Gasteiger partial charge >= 0.3 is 5.69 Å². The maximum absolute atomic E-state index is 14.5. The number of nitrogens with zero attached hydrogens (tertiary/aromatic N) is 7. The van der Waals surface area contributed by atoms with Crippen LogP contribution in [0.3, 0.4) is 0 Å². The normalized spacial score (nSPS) is 21.5. The maximum atomic E-state index is 14.5. The van der Waals surface area contributed by atoms with Gasteiger partial charge < -0.3 is 9.80 Å². The number of carbonyl (C=O) groups is 1. The Morgan fingerprint density at radius 1 is 0.804 bits per heavy atom. The van der Waals surface area contributed by atoms with Gasteiger partial charge in [-0.1, -0.05) is 36.4 Å². The predicted octanol–water partition coefficient (Wildman–Crippen LogP) is 4.43. The van der Waals surface area contributed by atoms with Crippen molar-refractivity contribution in [1.82, 2.24) is 33.7 Å². The predicted molar refractivity (Wildman–Crippen MR) is 199 cm³/mol. The lowest BCUT2D eigenvalue weighted by atomic mass is 9.83. The van der Waals surface area contributed by atoms with Crippen LogP contribution in [-0.4, -0.2) is 112 Å². The molecule has 1 saturated carbocycles. The Labute approximate surface area is 299 Å². The van der Waals surface area contributed by atoms with E-state index in [1.165, 1.54) is 27.2 Å². The average Bonchev–Trinajstić information content (AvgIpc) is 3.34. The van der Waals surface area contributed by atoms with Gasteiger partial charge in [-0.05, 0) is 100 Å². The van der Waals surface area contributed by atoms with E-state index < -0.39 is 17.1 Å². The third-order valence-electron chi connectivity index (χ3n) is 11.2. The van der Waals surface area contributed by atoms with E-state index in [2.05, 4.69) is 62.9 Å². The van der Waals surface area contributed by atoms with Crippen LogP contribution in [0.4, 0.5) is 4.39 Å². The van der Waals surface area contributed by atoms with Crippen LogP contribution in [-0.2, 0) is 11.3 Å². The molecule has 11 heteroatoms. The van der Waals surface area contributed by atoms with E-state index >= 15 is 0 Å². The Morgan fingerprint density at radius 3 is 2.25 bits per heavy atom. The highest BCUT2D eigenvalue weighted by atomic mass is 19.1. The molecule has 1 aliphatic carbocycles. The minimum atomic E-state index is -0.625. The zero-order valence-electron chi connectivity index (χ0n) is 30.0. The summed E-state index contributed by atoms with van der Waals surface area (Å²) in [7, 11) is 4.28. The van der Waals surface area contributed by atoms with Crippen LogP contribution in [0.5, 0.6) is 0 Å². The second-order valence-electron chi connectivity index (χ2n) is 15.0. The lowest BCUT2D eigenvalue weighted by molar-refractivity contribution is -0.121. The summed E-state index contributed by atoms with van der Waals surface area (Å²) in [6.07, 6.45) is 5.47. The van der Waals surface area contributed by atoms with Gasteiger partial charge in [-0.25, -0.2) is 18.7 Å². The number of likely N-dealkylation sites (N-methyl/N-ethyl adjacent to an activating group) is 2. The van der Waals surface area contributed by atoms with Crippen molar-refractivity contribution in [3.63, 3.8) is 0 Å². The van der Waals surface area contributed by atoms with Crippen LogP contribution in [0.15, 0.2) is 70.4 Å². The monoisotopic (exact) mass is 695 g/mol. The Kier molecular flexibility index (Phi) is 10.9. The fourth-order valence-corrected chi connectivity index (χ4v) is 8.13. The Hall–Kier alpha value is -4.03. The van der Waals surface area contributed by atoms with Crippen LogP contribution in [0, 0.1) is 11.7 Å². The lowest BCUT2D eigenvalue weighted by Crippen LogP contribution is -2.46. The molecule has 270 valence electrons. The number of hydrogen-bond acceptors (Lipinski definition) is 8. The first-order valence-electron chi connectivity index (χ1n) is 18.6. The summed E-state index contributed by atoms with van der Waals surface area (Å²) in [6, 6.07) is 17.1. The Bertz CT molecular complexity index is 1960. The second kappa shape index (κ2) is 15.7. The largest absolute Gasteiger partial charge is 0.337 e. The van der Waals surface area contributed by atoms with Gasteiger partial charge in [0.05, 0.1) is 23.8 Å². The van der Waals surface area contributed by atoms with Crippen LogP contribution in [0.2, 0.25) is 0 Å². The number of hydrogen-bond donors (Lipinski definition) is 0. The molecule has 2 saturated heterocycles. The van der Waals surface area contributed by atoms with Crippen LogP contribution in [0.1, 0.15) is 50.1 Å². The maximum Gasteiger partial charge on any atom is 0.337 e. The topological polar surface area (TPSA) is 86.9 Å². The number of fused-ring (bicyclic) bond motifs is 1. The van der Waals surface area contributed by atoms with Gasteiger partial charge in [-0.15, -0.1) is 0 Å². The van der Waals surface area contributed by atoms with Crippen molar-refractivity contribution >= 4 is 16.8 Å². The number of halogens is 1.